The molecular formula is C13H20FNS. The second-order valence-electron chi connectivity index (χ2n) is 3.96. The highest BCUT2D eigenvalue weighted by Gasteiger charge is 1.98. The fraction of sp³-hybridized carbons (Fsp3) is 0.538. The summed E-state index contributed by atoms with van der Waals surface area (Å²) in [6.07, 6.45) is 4.56. The summed E-state index contributed by atoms with van der Waals surface area (Å²) < 4.78 is 13.2. The summed E-state index contributed by atoms with van der Waals surface area (Å²) in [5.74, 6) is 1.11. The number of halogens is 1. The van der Waals surface area contributed by atoms with Gasteiger partial charge in [0.1, 0.15) is 5.82 Å². The second-order valence-corrected chi connectivity index (χ2v) is 4.95. The smallest absolute Gasteiger partial charge is 0.126 e. The fourth-order valence-electron chi connectivity index (χ4n) is 1.48. The Morgan fingerprint density at radius 3 is 2.81 bits per heavy atom. The molecule has 0 amide bonds. The summed E-state index contributed by atoms with van der Waals surface area (Å²) >= 11 is 1.88. The average molecular weight is 241 g/mol. The maximum atomic E-state index is 13.2. The molecular weight excluding hydrogens is 221 g/mol. The van der Waals surface area contributed by atoms with E-state index in [1.54, 1.807) is 13.0 Å². The molecule has 0 fully saturated rings. The first-order chi connectivity index (χ1) is 7.74. The number of hydrogen-bond acceptors (Lipinski definition) is 2. The van der Waals surface area contributed by atoms with Gasteiger partial charge < -0.3 is 5.32 Å². The van der Waals surface area contributed by atoms with Gasteiger partial charge in [-0.15, -0.1) is 0 Å². The molecule has 1 rings (SSSR count). The zero-order valence-corrected chi connectivity index (χ0v) is 10.9. The van der Waals surface area contributed by atoms with Gasteiger partial charge in [0.05, 0.1) is 0 Å². The van der Waals surface area contributed by atoms with Crippen molar-refractivity contribution in [2.75, 3.05) is 18.6 Å². The van der Waals surface area contributed by atoms with E-state index in [2.05, 4.69) is 11.6 Å². The summed E-state index contributed by atoms with van der Waals surface area (Å²) in [7, 11) is 0. The van der Waals surface area contributed by atoms with Gasteiger partial charge in [0.2, 0.25) is 0 Å². The van der Waals surface area contributed by atoms with Gasteiger partial charge in [-0.05, 0) is 55.5 Å². The Labute approximate surface area is 102 Å². The molecule has 0 saturated heterocycles. The summed E-state index contributed by atoms with van der Waals surface area (Å²) in [6, 6.07) is 5.43. The molecule has 1 nitrogen and oxygen atoms in total. The first-order valence-corrected chi connectivity index (χ1v) is 7.08. The molecule has 3 heteroatoms. The van der Waals surface area contributed by atoms with Gasteiger partial charge in [-0.1, -0.05) is 12.1 Å². The summed E-state index contributed by atoms with van der Waals surface area (Å²) in [4.78, 5) is 0. The van der Waals surface area contributed by atoms with Crippen LogP contribution in [0.25, 0.3) is 0 Å². The standard InChI is InChI=1S/C13H20FNS/c1-11-5-6-12(9-13(11)14)10-15-7-3-4-8-16-2/h5-6,9,15H,3-4,7-8,10H2,1-2H3. The van der Waals surface area contributed by atoms with E-state index in [0.717, 1.165) is 18.7 Å². The molecule has 1 N–H and O–H groups in total. The maximum absolute atomic E-state index is 13.2. The van der Waals surface area contributed by atoms with Crippen LogP contribution in [0.4, 0.5) is 4.39 Å². The number of hydrogen-bond donors (Lipinski definition) is 1. The first kappa shape index (κ1) is 13.5. The summed E-state index contributed by atoms with van der Waals surface area (Å²) in [5, 5.41) is 3.33. The van der Waals surface area contributed by atoms with E-state index in [1.807, 2.05) is 23.9 Å². The molecule has 0 atom stereocenters. The number of rotatable bonds is 7. The number of aryl methyl sites for hydroxylation is 1. The topological polar surface area (TPSA) is 12.0 Å². The van der Waals surface area contributed by atoms with Crippen molar-refractivity contribution in [3.63, 3.8) is 0 Å². The highest BCUT2D eigenvalue weighted by atomic mass is 32.2. The predicted octanol–water partition coefficient (Wildman–Crippen LogP) is 3.37. The highest BCUT2D eigenvalue weighted by Crippen LogP contribution is 2.08. The van der Waals surface area contributed by atoms with Crippen molar-refractivity contribution in [2.45, 2.75) is 26.3 Å². The lowest BCUT2D eigenvalue weighted by molar-refractivity contribution is 0.607. The van der Waals surface area contributed by atoms with Crippen molar-refractivity contribution < 1.29 is 4.39 Å². The van der Waals surface area contributed by atoms with Crippen molar-refractivity contribution in [3.05, 3.63) is 35.1 Å². The molecule has 0 heterocycles. The van der Waals surface area contributed by atoms with Crippen molar-refractivity contribution in [1.82, 2.24) is 5.32 Å². The first-order valence-electron chi connectivity index (χ1n) is 5.68. The van der Waals surface area contributed by atoms with Gasteiger partial charge in [0.25, 0.3) is 0 Å². The van der Waals surface area contributed by atoms with Crippen molar-refractivity contribution in [2.24, 2.45) is 0 Å². The highest BCUT2D eigenvalue weighted by molar-refractivity contribution is 7.98. The van der Waals surface area contributed by atoms with Crippen LogP contribution in [-0.2, 0) is 6.54 Å². The average Bonchev–Trinajstić information content (AvgIpc) is 2.28. The Morgan fingerprint density at radius 1 is 1.31 bits per heavy atom. The minimum absolute atomic E-state index is 0.110. The lowest BCUT2D eigenvalue weighted by Gasteiger charge is -2.05. The summed E-state index contributed by atoms with van der Waals surface area (Å²) in [5.41, 5.74) is 1.73. The molecule has 1 aromatic carbocycles. The molecule has 16 heavy (non-hydrogen) atoms. The van der Waals surface area contributed by atoms with Crippen LogP contribution < -0.4 is 5.32 Å². The Kier molecular flexibility index (Phi) is 6.50. The van der Waals surface area contributed by atoms with Gasteiger partial charge in [-0.3, -0.25) is 0 Å². The number of unbranched alkanes of at least 4 members (excludes halogenated alkanes) is 1. The van der Waals surface area contributed by atoms with E-state index >= 15 is 0 Å². The third kappa shape index (κ3) is 4.99. The Bertz CT molecular complexity index is 315. The normalized spacial score (nSPS) is 10.7. The second kappa shape index (κ2) is 7.69. The molecule has 0 aliphatic heterocycles. The predicted molar refractivity (Wildman–Crippen MR) is 70.5 cm³/mol. The molecule has 0 unspecified atom stereocenters. The van der Waals surface area contributed by atoms with Crippen LogP contribution in [0, 0.1) is 12.7 Å². The number of thioether (sulfide) groups is 1. The van der Waals surface area contributed by atoms with Crippen molar-refractivity contribution in [1.29, 1.82) is 0 Å². The maximum Gasteiger partial charge on any atom is 0.126 e. The lowest BCUT2D eigenvalue weighted by atomic mass is 10.1. The molecule has 0 radical (unpaired) electrons. The van der Waals surface area contributed by atoms with Crippen LogP contribution in [0.3, 0.4) is 0 Å². The third-order valence-corrected chi connectivity index (χ3v) is 3.21. The van der Waals surface area contributed by atoms with E-state index in [9.17, 15) is 4.39 Å². The van der Waals surface area contributed by atoms with Crippen LogP contribution in [0.15, 0.2) is 18.2 Å². The minimum Gasteiger partial charge on any atom is -0.313 e. The quantitative estimate of drug-likeness (QED) is 0.735. The monoisotopic (exact) mass is 241 g/mol. The molecule has 0 aliphatic carbocycles. The van der Waals surface area contributed by atoms with E-state index in [-0.39, 0.29) is 5.82 Å². The van der Waals surface area contributed by atoms with Crippen molar-refractivity contribution >= 4 is 11.8 Å². The van der Waals surface area contributed by atoms with Crippen LogP contribution in [0.1, 0.15) is 24.0 Å². The van der Waals surface area contributed by atoms with E-state index in [4.69, 9.17) is 0 Å². The molecule has 0 saturated carbocycles. The van der Waals surface area contributed by atoms with Gasteiger partial charge >= 0.3 is 0 Å². The Balaban J connectivity index is 2.19. The molecule has 90 valence electrons. The molecule has 0 bridgehead atoms. The van der Waals surface area contributed by atoms with E-state index in [1.165, 1.54) is 18.6 Å². The van der Waals surface area contributed by atoms with Gasteiger partial charge in [-0.25, -0.2) is 4.39 Å². The molecule has 0 spiro atoms. The van der Waals surface area contributed by atoms with Crippen LogP contribution in [0.2, 0.25) is 0 Å². The Hall–Kier alpha value is -0.540. The van der Waals surface area contributed by atoms with E-state index in [0.29, 0.717) is 5.56 Å². The van der Waals surface area contributed by atoms with Gasteiger partial charge in [0.15, 0.2) is 0 Å². The summed E-state index contributed by atoms with van der Waals surface area (Å²) in [6.45, 7) is 3.56. The zero-order chi connectivity index (χ0) is 11.8. The number of nitrogens with one attached hydrogen (secondary N) is 1. The Morgan fingerprint density at radius 2 is 2.12 bits per heavy atom. The van der Waals surface area contributed by atoms with Crippen LogP contribution >= 0.6 is 11.8 Å². The minimum atomic E-state index is -0.110. The van der Waals surface area contributed by atoms with E-state index < -0.39 is 0 Å². The third-order valence-electron chi connectivity index (χ3n) is 2.52. The molecule has 1 aromatic rings. The SMILES string of the molecule is CSCCCCNCc1ccc(C)c(F)c1. The lowest BCUT2D eigenvalue weighted by Crippen LogP contribution is -2.15. The number of benzene rings is 1. The van der Waals surface area contributed by atoms with Gasteiger partial charge in [0, 0.05) is 6.54 Å². The van der Waals surface area contributed by atoms with Crippen LogP contribution in [-0.4, -0.2) is 18.6 Å². The van der Waals surface area contributed by atoms with Crippen LogP contribution in [0.5, 0.6) is 0 Å². The van der Waals surface area contributed by atoms with Gasteiger partial charge in [-0.2, -0.15) is 11.8 Å². The van der Waals surface area contributed by atoms with Crippen molar-refractivity contribution in [3.8, 4) is 0 Å². The zero-order valence-electron chi connectivity index (χ0n) is 10.1. The largest absolute Gasteiger partial charge is 0.313 e. The fourth-order valence-corrected chi connectivity index (χ4v) is 1.97. The molecule has 0 aromatic heterocycles. The molecule has 0 aliphatic rings.